The Kier molecular flexibility index (Phi) is 5.51. The molecule has 0 N–H and O–H groups in total. The number of allylic oxidation sites excluding steroid dienone is 2. The molecule has 0 aromatic carbocycles. The van der Waals surface area contributed by atoms with Crippen LogP contribution in [-0.2, 0) is 0 Å². The highest BCUT2D eigenvalue weighted by molar-refractivity contribution is 9.09. The second kappa shape index (κ2) is 5.36. The number of hydrogen-bond acceptors (Lipinski definition) is 0. The number of halogens is 1. The largest absolute Gasteiger partial charge is 0.0874 e. The molecule has 0 aliphatic carbocycles. The molecule has 0 rings (SSSR count). The van der Waals surface area contributed by atoms with Crippen molar-refractivity contribution in [2.24, 2.45) is 0 Å². The normalized spacial score (nSPS) is 14.9. The van der Waals surface area contributed by atoms with Gasteiger partial charge in [-0.3, -0.25) is 0 Å². The molecule has 0 heterocycles. The third-order valence-electron chi connectivity index (χ3n) is 0.857. The second-order valence-electron chi connectivity index (χ2n) is 1.89. The Labute approximate surface area is 60.1 Å². The van der Waals surface area contributed by atoms with Crippen LogP contribution in [0.25, 0.3) is 0 Å². The maximum absolute atomic E-state index is 3.42. The lowest BCUT2D eigenvalue weighted by molar-refractivity contribution is 0.953. The first-order valence-corrected chi connectivity index (χ1v) is 3.99. The van der Waals surface area contributed by atoms with Gasteiger partial charge in [0, 0.05) is 4.83 Å². The van der Waals surface area contributed by atoms with Crippen molar-refractivity contribution in [3.8, 4) is 0 Å². The van der Waals surface area contributed by atoms with Gasteiger partial charge in [-0.2, -0.15) is 0 Å². The van der Waals surface area contributed by atoms with E-state index in [1.54, 1.807) is 0 Å². The third-order valence-corrected chi connectivity index (χ3v) is 1.16. The summed E-state index contributed by atoms with van der Waals surface area (Å²) in [5.74, 6) is 0. The molecular weight excluding hydrogens is 164 g/mol. The molecular formula is C7H13Br. The molecule has 0 aromatic rings. The maximum Gasteiger partial charge on any atom is 0.0297 e. The van der Waals surface area contributed by atoms with Crippen LogP contribution in [-0.4, -0.2) is 4.83 Å². The van der Waals surface area contributed by atoms with E-state index in [-0.39, 0.29) is 0 Å². The maximum atomic E-state index is 3.42. The third kappa shape index (κ3) is 6.22. The zero-order valence-corrected chi connectivity index (χ0v) is 7.11. The van der Waals surface area contributed by atoms with E-state index in [0.29, 0.717) is 4.83 Å². The lowest BCUT2D eigenvalue weighted by atomic mass is 10.3. The Bertz CT molecular complexity index is 64.8. The summed E-state index contributed by atoms with van der Waals surface area (Å²) in [6.45, 7) is 4.30. The molecule has 0 fully saturated rings. The fourth-order valence-electron chi connectivity index (χ4n) is 0.450. The molecule has 0 spiro atoms. The van der Waals surface area contributed by atoms with Crippen LogP contribution in [0.4, 0.5) is 0 Å². The second-order valence-corrected chi connectivity index (χ2v) is 3.34. The fraction of sp³-hybridized carbons (Fsp3) is 0.714. The zero-order valence-electron chi connectivity index (χ0n) is 5.52. The summed E-state index contributed by atoms with van der Waals surface area (Å²) < 4.78 is 0. The Hall–Kier alpha value is 0.220. The molecule has 0 bridgehead atoms. The van der Waals surface area contributed by atoms with E-state index in [0.717, 1.165) is 0 Å². The van der Waals surface area contributed by atoms with Crippen LogP contribution in [0.3, 0.4) is 0 Å². The van der Waals surface area contributed by atoms with Crippen LogP contribution < -0.4 is 0 Å². The van der Waals surface area contributed by atoms with Gasteiger partial charge in [0.2, 0.25) is 0 Å². The van der Waals surface area contributed by atoms with Gasteiger partial charge in [-0.05, 0) is 13.3 Å². The van der Waals surface area contributed by atoms with E-state index >= 15 is 0 Å². The van der Waals surface area contributed by atoms with Gasteiger partial charge >= 0.3 is 0 Å². The summed E-state index contributed by atoms with van der Waals surface area (Å²) in [6, 6.07) is 0. The minimum atomic E-state index is 0.536. The van der Waals surface area contributed by atoms with Crippen molar-refractivity contribution < 1.29 is 0 Å². The van der Waals surface area contributed by atoms with Crippen LogP contribution in [0.1, 0.15) is 26.7 Å². The molecule has 8 heavy (non-hydrogen) atoms. The van der Waals surface area contributed by atoms with Crippen molar-refractivity contribution in [3.63, 3.8) is 0 Å². The van der Waals surface area contributed by atoms with Crippen molar-refractivity contribution in [2.45, 2.75) is 31.5 Å². The van der Waals surface area contributed by atoms with Crippen LogP contribution in [0.15, 0.2) is 12.2 Å². The molecule has 0 aliphatic rings. The molecule has 0 nitrogen and oxygen atoms in total. The van der Waals surface area contributed by atoms with Crippen molar-refractivity contribution in [1.82, 2.24) is 0 Å². The fourth-order valence-corrected chi connectivity index (χ4v) is 0.666. The molecule has 0 amide bonds. The summed E-state index contributed by atoms with van der Waals surface area (Å²) in [4.78, 5) is 0.536. The van der Waals surface area contributed by atoms with E-state index < -0.39 is 0 Å². The van der Waals surface area contributed by atoms with Gasteiger partial charge in [-0.25, -0.2) is 0 Å². The van der Waals surface area contributed by atoms with Gasteiger partial charge in [0.05, 0.1) is 0 Å². The van der Waals surface area contributed by atoms with Crippen LogP contribution in [0, 0.1) is 0 Å². The Balaban J connectivity index is 3.07. The molecule has 0 saturated heterocycles. The van der Waals surface area contributed by atoms with Gasteiger partial charge in [0.15, 0.2) is 0 Å². The SMILES string of the molecule is CCCC=CC(C)Br. The van der Waals surface area contributed by atoms with Gasteiger partial charge < -0.3 is 0 Å². The molecule has 48 valence electrons. The van der Waals surface area contributed by atoms with Gasteiger partial charge in [-0.1, -0.05) is 41.4 Å². The number of alkyl halides is 1. The highest BCUT2D eigenvalue weighted by Crippen LogP contribution is 1.99. The molecule has 1 atom stereocenters. The van der Waals surface area contributed by atoms with Crippen LogP contribution in [0.5, 0.6) is 0 Å². The Morgan fingerprint density at radius 2 is 2.25 bits per heavy atom. The van der Waals surface area contributed by atoms with E-state index in [2.05, 4.69) is 41.9 Å². The Morgan fingerprint density at radius 1 is 1.62 bits per heavy atom. The minimum absolute atomic E-state index is 0.536. The highest BCUT2D eigenvalue weighted by atomic mass is 79.9. The smallest absolute Gasteiger partial charge is 0.0297 e. The molecule has 0 radical (unpaired) electrons. The summed E-state index contributed by atoms with van der Waals surface area (Å²) >= 11 is 3.42. The van der Waals surface area contributed by atoms with Crippen LogP contribution >= 0.6 is 15.9 Å². The highest BCUT2D eigenvalue weighted by Gasteiger charge is 1.82. The zero-order chi connectivity index (χ0) is 6.41. The molecule has 0 aromatic heterocycles. The van der Waals surface area contributed by atoms with E-state index in [9.17, 15) is 0 Å². The van der Waals surface area contributed by atoms with Gasteiger partial charge in [-0.15, -0.1) is 0 Å². The summed E-state index contributed by atoms with van der Waals surface area (Å²) in [7, 11) is 0. The van der Waals surface area contributed by atoms with Crippen molar-refractivity contribution >= 4 is 15.9 Å². The summed E-state index contributed by atoms with van der Waals surface area (Å²) in [5.41, 5.74) is 0. The predicted molar refractivity (Wildman–Crippen MR) is 42.4 cm³/mol. The monoisotopic (exact) mass is 176 g/mol. The van der Waals surface area contributed by atoms with Gasteiger partial charge in [0.25, 0.3) is 0 Å². The molecule has 1 unspecified atom stereocenters. The standard InChI is InChI=1S/C7H13Br/c1-3-4-5-6-7(2)8/h5-7H,3-4H2,1-2H3. The predicted octanol–water partition coefficient (Wildman–Crippen LogP) is 3.13. The van der Waals surface area contributed by atoms with E-state index in [1.807, 2.05) is 0 Å². The van der Waals surface area contributed by atoms with Crippen molar-refractivity contribution in [1.29, 1.82) is 0 Å². The summed E-state index contributed by atoms with van der Waals surface area (Å²) in [6.07, 6.45) is 6.83. The van der Waals surface area contributed by atoms with Crippen molar-refractivity contribution in [3.05, 3.63) is 12.2 Å². The molecule has 0 aliphatic heterocycles. The molecule has 0 saturated carbocycles. The average Bonchev–Trinajstić information content (AvgIpc) is 1.66. The first kappa shape index (κ1) is 8.22. The number of unbranched alkanes of at least 4 members (excludes halogenated alkanes) is 1. The number of hydrogen-bond donors (Lipinski definition) is 0. The first-order valence-electron chi connectivity index (χ1n) is 3.08. The Morgan fingerprint density at radius 3 is 2.62 bits per heavy atom. The van der Waals surface area contributed by atoms with Gasteiger partial charge in [0.1, 0.15) is 0 Å². The lowest BCUT2D eigenvalue weighted by Crippen LogP contribution is -1.78. The quantitative estimate of drug-likeness (QED) is 0.459. The topological polar surface area (TPSA) is 0 Å². The van der Waals surface area contributed by atoms with Crippen LogP contribution in [0.2, 0.25) is 0 Å². The van der Waals surface area contributed by atoms with E-state index in [1.165, 1.54) is 12.8 Å². The first-order chi connectivity index (χ1) is 3.77. The number of rotatable bonds is 3. The summed E-state index contributed by atoms with van der Waals surface area (Å²) in [5, 5.41) is 0. The lowest BCUT2D eigenvalue weighted by Gasteiger charge is -1.88. The van der Waals surface area contributed by atoms with Crippen molar-refractivity contribution in [2.75, 3.05) is 0 Å². The minimum Gasteiger partial charge on any atom is -0.0874 e. The molecule has 1 heteroatoms. The average molecular weight is 177 g/mol. The van der Waals surface area contributed by atoms with E-state index in [4.69, 9.17) is 0 Å².